The van der Waals surface area contributed by atoms with Gasteiger partial charge in [0.2, 0.25) is 0 Å². The van der Waals surface area contributed by atoms with Crippen LogP contribution < -0.4 is 15.1 Å². The standard InChI is InChI=1S/C22H21N3O5/c1-4-30-21(28)15-7-11-17(12-8-15)25-20(27)18(19(26)23-22(25)29)13-14-5-9-16(10-6-14)24(2)3/h5-13H,4H2,1-3H3,(H,23,26,29)/b18-13+. The van der Waals surface area contributed by atoms with Crippen LogP contribution in [0.4, 0.5) is 16.2 Å². The van der Waals surface area contributed by atoms with Crippen molar-refractivity contribution < 1.29 is 23.9 Å². The molecule has 0 spiro atoms. The van der Waals surface area contributed by atoms with Gasteiger partial charge in [0.05, 0.1) is 17.9 Å². The highest BCUT2D eigenvalue weighted by atomic mass is 16.5. The maximum atomic E-state index is 12.9. The van der Waals surface area contributed by atoms with Crippen molar-refractivity contribution in [3.8, 4) is 0 Å². The minimum absolute atomic E-state index is 0.165. The number of hydrogen-bond acceptors (Lipinski definition) is 6. The number of amides is 4. The number of urea groups is 1. The van der Waals surface area contributed by atoms with Crippen molar-refractivity contribution in [2.24, 2.45) is 0 Å². The number of esters is 1. The smallest absolute Gasteiger partial charge is 0.338 e. The number of carbonyl (C=O) groups excluding carboxylic acids is 4. The lowest BCUT2D eigenvalue weighted by Crippen LogP contribution is -2.54. The van der Waals surface area contributed by atoms with Gasteiger partial charge in [0.1, 0.15) is 5.57 Å². The van der Waals surface area contributed by atoms with Crippen LogP contribution in [-0.4, -0.2) is 44.5 Å². The summed E-state index contributed by atoms with van der Waals surface area (Å²) in [6.45, 7) is 1.93. The van der Waals surface area contributed by atoms with E-state index < -0.39 is 23.8 Å². The molecule has 1 fully saturated rings. The summed E-state index contributed by atoms with van der Waals surface area (Å²) in [5, 5.41) is 2.17. The summed E-state index contributed by atoms with van der Waals surface area (Å²) in [7, 11) is 3.81. The van der Waals surface area contributed by atoms with Gasteiger partial charge in [-0.05, 0) is 55.0 Å². The average molecular weight is 407 g/mol. The summed E-state index contributed by atoms with van der Waals surface area (Å²) < 4.78 is 4.92. The maximum absolute atomic E-state index is 12.9. The fourth-order valence-corrected chi connectivity index (χ4v) is 2.89. The largest absolute Gasteiger partial charge is 0.462 e. The predicted octanol–water partition coefficient (Wildman–Crippen LogP) is 2.60. The number of carbonyl (C=O) groups is 4. The van der Waals surface area contributed by atoms with Gasteiger partial charge in [0.25, 0.3) is 11.8 Å². The van der Waals surface area contributed by atoms with Crippen LogP contribution in [0.25, 0.3) is 6.08 Å². The summed E-state index contributed by atoms with van der Waals surface area (Å²) >= 11 is 0. The van der Waals surface area contributed by atoms with Gasteiger partial charge >= 0.3 is 12.0 Å². The Morgan fingerprint density at radius 3 is 2.23 bits per heavy atom. The molecule has 0 aromatic heterocycles. The van der Waals surface area contributed by atoms with Crippen molar-refractivity contribution in [2.75, 3.05) is 30.5 Å². The van der Waals surface area contributed by atoms with E-state index >= 15 is 0 Å². The second kappa shape index (κ2) is 8.60. The maximum Gasteiger partial charge on any atom is 0.338 e. The van der Waals surface area contributed by atoms with Crippen molar-refractivity contribution in [3.05, 3.63) is 65.2 Å². The van der Waals surface area contributed by atoms with Crippen molar-refractivity contribution >= 4 is 41.3 Å². The summed E-state index contributed by atoms with van der Waals surface area (Å²) in [5.41, 5.74) is 1.97. The second-order valence-corrected chi connectivity index (χ2v) is 6.71. The fraction of sp³-hybridized carbons (Fsp3) is 0.182. The molecular weight excluding hydrogens is 386 g/mol. The van der Waals surface area contributed by atoms with Crippen molar-refractivity contribution in [2.45, 2.75) is 6.92 Å². The molecule has 1 heterocycles. The molecule has 30 heavy (non-hydrogen) atoms. The molecule has 8 nitrogen and oxygen atoms in total. The molecule has 1 saturated heterocycles. The Morgan fingerprint density at radius 1 is 1.03 bits per heavy atom. The number of imide groups is 2. The SMILES string of the molecule is CCOC(=O)c1ccc(N2C(=O)NC(=O)/C(=C\c3ccc(N(C)C)cc3)C2=O)cc1. The van der Waals surface area contributed by atoms with E-state index in [4.69, 9.17) is 4.74 Å². The van der Waals surface area contributed by atoms with Crippen LogP contribution in [0, 0.1) is 0 Å². The first-order valence-electron chi connectivity index (χ1n) is 9.28. The van der Waals surface area contributed by atoms with Gasteiger partial charge in [-0.1, -0.05) is 12.1 Å². The average Bonchev–Trinajstić information content (AvgIpc) is 2.72. The number of nitrogens with one attached hydrogen (secondary N) is 1. The van der Waals surface area contributed by atoms with Gasteiger partial charge in [0, 0.05) is 19.8 Å². The number of rotatable bonds is 5. The van der Waals surface area contributed by atoms with Crippen LogP contribution in [0.5, 0.6) is 0 Å². The molecule has 1 N–H and O–H groups in total. The van der Waals surface area contributed by atoms with E-state index in [1.807, 2.05) is 31.1 Å². The predicted molar refractivity (Wildman–Crippen MR) is 112 cm³/mol. The first-order valence-corrected chi connectivity index (χ1v) is 9.28. The molecule has 0 radical (unpaired) electrons. The fourth-order valence-electron chi connectivity index (χ4n) is 2.89. The Morgan fingerprint density at radius 2 is 1.67 bits per heavy atom. The zero-order valence-electron chi connectivity index (χ0n) is 16.8. The molecule has 8 heteroatoms. The molecule has 0 aliphatic carbocycles. The minimum atomic E-state index is -0.853. The molecular formula is C22H21N3O5. The molecule has 0 saturated carbocycles. The minimum Gasteiger partial charge on any atom is -0.462 e. The first-order chi connectivity index (χ1) is 14.3. The van der Waals surface area contributed by atoms with Crippen LogP contribution in [0.2, 0.25) is 0 Å². The van der Waals surface area contributed by atoms with Crippen molar-refractivity contribution in [3.63, 3.8) is 0 Å². The van der Waals surface area contributed by atoms with Crippen LogP contribution in [0.3, 0.4) is 0 Å². The number of benzene rings is 2. The van der Waals surface area contributed by atoms with Gasteiger partial charge in [0.15, 0.2) is 0 Å². The van der Waals surface area contributed by atoms with E-state index in [1.54, 1.807) is 19.1 Å². The quantitative estimate of drug-likeness (QED) is 0.465. The van der Waals surface area contributed by atoms with Gasteiger partial charge in [-0.15, -0.1) is 0 Å². The highest BCUT2D eigenvalue weighted by molar-refractivity contribution is 6.39. The van der Waals surface area contributed by atoms with Gasteiger partial charge in [-0.25, -0.2) is 14.5 Å². The zero-order chi connectivity index (χ0) is 21.8. The summed E-state index contributed by atoms with van der Waals surface area (Å²) in [4.78, 5) is 52.1. The molecule has 1 aliphatic heterocycles. The lowest BCUT2D eigenvalue weighted by molar-refractivity contribution is -0.122. The highest BCUT2D eigenvalue weighted by Gasteiger charge is 2.36. The highest BCUT2D eigenvalue weighted by Crippen LogP contribution is 2.23. The van der Waals surface area contributed by atoms with Gasteiger partial charge < -0.3 is 9.64 Å². The second-order valence-electron chi connectivity index (χ2n) is 6.71. The van der Waals surface area contributed by atoms with Gasteiger partial charge in [-0.3, -0.25) is 14.9 Å². The topological polar surface area (TPSA) is 96.0 Å². The Labute approximate surface area is 173 Å². The van der Waals surface area contributed by atoms with Gasteiger partial charge in [-0.2, -0.15) is 0 Å². The molecule has 154 valence electrons. The third-order valence-electron chi connectivity index (χ3n) is 4.46. The Balaban J connectivity index is 1.89. The third-order valence-corrected chi connectivity index (χ3v) is 4.46. The van der Waals surface area contributed by atoms with Crippen LogP contribution in [-0.2, 0) is 14.3 Å². The van der Waals surface area contributed by atoms with E-state index in [9.17, 15) is 19.2 Å². The van der Waals surface area contributed by atoms with E-state index in [-0.39, 0.29) is 17.9 Å². The van der Waals surface area contributed by atoms with E-state index in [2.05, 4.69) is 5.32 Å². The zero-order valence-corrected chi connectivity index (χ0v) is 16.8. The normalized spacial score (nSPS) is 15.2. The van der Waals surface area contributed by atoms with Crippen molar-refractivity contribution in [1.29, 1.82) is 0 Å². The molecule has 2 aromatic carbocycles. The van der Waals surface area contributed by atoms with E-state index in [0.29, 0.717) is 11.1 Å². The number of nitrogens with zero attached hydrogens (tertiary/aromatic N) is 2. The lowest BCUT2D eigenvalue weighted by atomic mass is 10.1. The Kier molecular flexibility index (Phi) is 5.96. The number of hydrogen-bond donors (Lipinski definition) is 1. The molecule has 0 bridgehead atoms. The van der Waals surface area contributed by atoms with Crippen molar-refractivity contribution in [1.82, 2.24) is 5.32 Å². The molecule has 1 aliphatic rings. The molecule has 2 aromatic rings. The number of barbiturate groups is 1. The molecule has 3 rings (SSSR count). The first kappa shape index (κ1) is 20.8. The molecule has 0 atom stereocenters. The van der Waals surface area contributed by atoms with Crippen LogP contribution in [0.15, 0.2) is 54.1 Å². The number of ether oxygens (including phenoxy) is 1. The van der Waals surface area contributed by atoms with Crippen LogP contribution in [0.1, 0.15) is 22.8 Å². The summed E-state index contributed by atoms with van der Waals surface area (Å²) in [6.07, 6.45) is 1.43. The van der Waals surface area contributed by atoms with Crippen LogP contribution >= 0.6 is 0 Å². The molecule has 0 unspecified atom stereocenters. The number of anilines is 2. The van der Waals surface area contributed by atoms with E-state index in [0.717, 1.165) is 10.6 Å². The summed E-state index contributed by atoms with van der Waals surface area (Å²) in [5.74, 6) is -2.01. The molecule has 4 amide bonds. The monoisotopic (exact) mass is 407 g/mol. The Hall–Kier alpha value is -3.94. The summed E-state index contributed by atoms with van der Waals surface area (Å²) in [6, 6.07) is 12.2. The Bertz CT molecular complexity index is 1020. The third kappa shape index (κ3) is 4.22. The van der Waals surface area contributed by atoms with E-state index in [1.165, 1.54) is 30.3 Å². The lowest BCUT2D eigenvalue weighted by Gasteiger charge is -2.26.